The fourth-order valence-electron chi connectivity index (χ4n) is 3.36. The number of ether oxygens (including phenoxy) is 3. The molecule has 0 bridgehead atoms. The Bertz CT molecular complexity index is 1050. The lowest BCUT2D eigenvalue weighted by Crippen LogP contribution is -2.40. The van der Waals surface area contributed by atoms with Gasteiger partial charge < -0.3 is 25.3 Å². The van der Waals surface area contributed by atoms with Gasteiger partial charge in [-0.3, -0.25) is 14.6 Å². The minimum atomic E-state index is -1.03. The van der Waals surface area contributed by atoms with E-state index in [9.17, 15) is 14.9 Å². The minimum Gasteiger partial charge on any atom is -0.493 e. The molecule has 2 unspecified atom stereocenters. The Morgan fingerprint density at radius 3 is 2.28 bits per heavy atom. The maximum atomic E-state index is 12.9. The lowest BCUT2D eigenvalue weighted by Gasteiger charge is -2.20. The molecular formula is C22H23N5O5. The Balaban J connectivity index is 1.87. The molecule has 0 spiro atoms. The number of carbonyl (C=O) groups excluding carboxylic acids is 2. The molecule has 1 aliphatic heterocycles. The number of methoxy groups -OCH3 is 3. The van der Waals surface area contributed by atoms with Crippen molar-refractivity contribution in [1.29, 1.82) is 5.26 Å². The number of primary amides is 1. The molecule has 2 atom stereocenters. The highest BCUT2D eigenvalue weighted by molar-refractivity contribution is 6.40. The largest absolute Gasteiger partial charge is 0.493 e. The lowest BCUT2D eigenvalue weighted by atomic mass is 10.0. The zero-order valence-electron chi connectivity index (χ0n) is 17.9. The van der Waals surface area contributed by atoms with E-state index in [4.69, 9.17) is 19.9 Å². The topological polar surface area (TPSA) is 139 Å². The summed E-state index contributed by atoms with van der Waals surface area (Å²) in [4.78, 5) is 24.8. The van der Waals surface area contributed by atoms with Crippen molar-refractivity contribution >= 4 is 23.2 Å². The molecule has 0 saturated heterocycles. The van der Waals surface area contributed by atoms with Crippen LogP contribution in [0.1, 0.15) is 18.0 Å². The number of hydrogen-bond acceptors (Lipinski definition) is 8. The van der Waals surface area contributed by atoms with Crippen LogP contribution in [0.3, 0.4) is 0 Å². The highest BCUT2D eigenvalue weighted by atomic mass is 16.5. The van der Waals surface area contributed by atoms with E-state index in [0.717, 1.165) is 0 Å². The van der Waals surface area contributed by atoms with Crippen molar-refractivity contribution in [3.8, 4) is 23.3 Å². The number of rotatable bonds is 8. The van der Waals surface area contributed by atoms with E-state index in [-0.39, 0.29) is 12.1 Å². The molecule has 1 heterocycles. The van der Waals surface area contributed by atoms with Gasteiger partial charge in [-0.1, -0.05) is 18.2 Å². The monoisotopic (exact) mass is 437 g/mol. The van der Waals surface area contributed by atoms with Crippen LogP contribution in [0, 0.1) is 11.3 Å². The highest BCUT2D eigenvalue weighted by Gasteiger charge is 2.35. The molecule has 166 valence electrons. The van der Waals surface area contributed by atoms with E-state index >= 15 is 0 Å². The van der Waals surface area contributed by atoms with Crippen molar-refractivity contribution in [3.63, 3.8) is 0 Å². The number of hydrogen-bond donors (Lipinski definition) is 2. The van der Waals surface area contributed by atoms with Gasteiger partial charge in [0.15, 0.2) is 11.5 Å². The van der Waals surface area contributed by atoms with Gasteiger partial charge in [-0.2, -0.15) is 10.4 Å². The number of hydrazone groups is 1. The summed E-state index contributed by atoms with van der Waals surface area (Å²) in [6.45, 7) is 0. The van der Waals surface area contributed by atoms with Gasteiger partial charge in [-0.25, -0.2) is 0 Å². The van der Waals surface area contributed by atoms with Gasteiger partial charge in [-0.15, -0.1) is 0 Å². The summed E-state index contributed by atoms with van der Waals surface area (Å²) in [6.07, 6.45) is 0.0173. The second kappa shape index (κ2) is 9.70. The van der Waals surface area contributed by atoms with E-state index in [1.54, 1.807) is 36.4 Å². The number of anilines is 1. The predicted molar refractivity (Wildman–Crippen MR) is 117 cm³/mol. The van der Waals surface area contributed by atoms with Crippen LogP contribution in [0.15, 0.2) is 47.6 Å². The zero-order chi connectivity index (χ0) is 23.3. The number of benzene rings is 2. The van der Waals surface area contributed by atoms with Gasteiger partial charge in [0.25, 0.3) is 5.91 Å². The molecule has 1 aliphatic rings. The van der Waals surface area contributed by atoms with Gasteiger partial charge in [0.1, 0.15) is 17.8 Å². The summed E-state index contributed by atoms with van der Waals surface area (Å²) >= 11 is 0. The molecule has 0 fully saturated rings. The van der Waals surface area contributed by atoms with Crippen LogP contribution in [0.2, 0.25) is 0 Å². The first-order valence-electron chi connectivity index (χ1n) is 9.64. The molecule has 0 aromatic heterocycles. The molecule has 2 aromatic rings. The Hall–Kier alpha value is -4.26. The van der Waals surface area contributed by atoms with E-state index in [1.165, 1.54) is 26.3 Å². The molecule has 0 saturated carbocycles. The smallest absolute Gasteiger partial charge is 0.268 e. The third-order valence-corrected chi connectivity index (χ3v) is 4.95. The summed E-state index contributed by atoms with van der Waals surface area (Å²) in [5, 5.41) is 18.0. The number of nitrogens with zero attached hydrogens (tertiary/aromatic N) is 3. The van der Waals surface area contributed by atoms with E-state index < -0.39 is 23.9 Å². The van der Waals surface area contributed by atoms with Crippen LogP contribution in [0.4, 0.5) is 5.69 Å². The van der Waals surface area contributed by atoms with Gasteiger partial charge in [0.05, 0.1) is 33.1 Å². The van der Waals surface area contributed by atoms with Crippen LogP contribution in [-0.4, -0.2) is 44.9 Å². The van der Waals surface area contributed by atoms with Crippen LogP contribution >= 0.6 is 0 Å². The molecule has 32 heavy (non-hydrogen) atoms. The first-order chi connectivity index (χ1) is 15.4. The van der Waals surface area contributed by atoms with Gasteiger partial charge in [0, 0.05) is 6.42 Å². The molecule has 2 aromatic carbocycles. The van der Waals surface area contributed by atoms with Gasteiger partial charge in [-0.05, 0) is 29.8 Å². The number of carbonyl (C=O) groups is 2. The second-order valence-electron chi connectivity index (χ2n) is 6.84. The van der Waals surface area contributed by atoms with Crippen molar-refractivity contribution in [2.45, 2.75) is 18.5 Å². The third kappa shape index (κ3) is 4.41. The number of nitrogens with two attached hydrogens (primary N) is 1. The van der Waals surface area contributed by atoms with Crippen molar-refractivity contribution in [3.05, 3.63) is 48.0 Å². The summed E-state index contributed by atoms with van der Waals surface area (Å²) in [5.74, 6) is -0.140. The lowest BCUT2D eigenvalue weighted by molar-refractivity contribution is -0.119. The number of nitrogens with one attached hydrogen (secondary N) is 1. The SMILES string of the molecule is COc1cc(C(C#N)NC(=O)C2=NN(c3ccccc3)C(C(N)=O)C2)cc(OC)c1OC. The quantitative estimate of drug-likeness (QED) is 0.638. The Labute approximate surface area is 185 Å². The predicted octanol–water partition coefficient (Wildman–Crippen LogP) is 1.51. The van der Waals surface area contributed by atoms with E-state index in [0.29, 0.717) is 28.5 Å². The molecule has 0 radical (unpaired) electrons. The van der Waals surface area contributed by atoms with Crippen LogP contribution < -0.4 is 30.3 Å². The fraction of sp³-hybridized carbons (Fsp3) is 0.273. The molecule has 2 amide bonds. The average Bonchev–Trinajstić information content (AvgIpc) is 3.28. The summed E-state index contributed by atoms with van der Waals surface area (Å²) in [7, 11) is 4.38. The first-order valence-corrected chi connectivity index (χ1v) is 9.64. The summed E-state index contributed by atoms with van der Waals surface area (Å²) in [5.41, 5.74) is 6.66. The van der Waals surface area contributed by atoms with Crippen molar-refractivity contribution in [2.75, 3.05) is 26.3 Å². The third-order valence-electron chi connectivity index (χ3n) is 4.95. The van der Waals surface area contributed by atoms with Gasteiger partial charge >= 0.3 is 0 Å². The highest BCUT2D eigenvalue weighted by Crippen LogP contribution is 2.39. The normalized spacial score (nSPS) is 15.9. The first kappa shape index (κ1) is 22.4. The second-order valence-corrected chi connectivity index (χ2v) is 6.84. The standard InChI is InChI=1S/C22H23N5O5/c1-30-18-9-13(10-19(31-2)20(18)32-3)16(12-23)25-22(29)15-11-17(21(24)28)27(26-15)14-7-5-4-6-8-14/h4-10,16-17H,11H2,1-3H3,(H2,24,28)(H,25,29). The zero-order valence-corrected chi connectivity index (χ0v) is 17.9. The van der Waals surface area contributed by atoms with Crippen molar-refractivity contribution < 1.29 is 23.8 Å². The fourth-order valence-corrected chi connectivity index (χ4v) is 3.36. The van der Waals surface area contributed by atoms with Crippen LogP contribution in [0.5, 0.6) is 17.2 Å². The molecule has 10 heteroatoms. The summed E-state index contributed by atoms with van der Waals surface area (Å²) in [6, 6.07) is 12.3. The van der Waals surface area contributed by atoms with Crippen LogP contribution in [0.25, 0.3) is 0 Å². The van der Waals surface area contributed by atoms with Gasteiger partial charge in [0.2, 0.25) is 11.7 Å². The molecule has 0 aliphatic carbocycles. The Kier molecular flexibility index (Phi) is 6.80. The van der Waals surface area contributed by atoms with E-state index in [2.05, 4.69) is 10.4 Å². The Morgan fingerprint density at radius 1 is 1.16 bits per heavy atom. The Morgan fingerprint density at radius 2 is 1.78 bits per heavy atom. The molecule has 3 rings (SSSR count). The van der Waals surface area contributed by atoms with Crippen molar-refractivity contribution in [2.24, 2.45) is 10.8 Å². The number of para-hydroxylation sites is 1. The maximum absolute atomic E-state index is 12.9. The number of amides is 2. The summed E-state index contributed by atoms with van der Waals surface area (Å²) < 4.78 is 15.9. The number of nitriles is 1. The molecule has 3 N–H and O–H groups in total. The molecule has 10 nitrogen and oxygen atoms in total. The maximum Gasteiger partial charge on any atom is 0.268 e. The minimum absolute atomic E-state index is 0.0173. The van der Waals surface area contributed by atoms with Crippen molar-refractivity contribution in [1.82, 2.24) is 5.32 Å². The van der Waals surface area contributed by atoms with E-state index in [1.807, 2.05) is 12.1 Å². The van der Waals surface area contributed by atoms with Crippen LogP contribution in [-0.2, 0) is 9.59 Å². The average molecular weight is 437 g/mol. The molecular weight excluding hydrogens is 414 g/mol.